The maximum atomic E-state index is 12.5. The lowest BCUT2D eigenvalue weighted by atomic mass is 9.83. The number of aromatic nitrogens is 1. The Balaban J connectivity index is 1.65. The molecule has 5 atom stereocenters. The number of hydrazone groups is 1. The van der Waals surface area contributed by atoms with Gasteiger partial charge in [0.2, 0.25) is 0 Å². The Morgan fingerprint density at radius 3 is 2.68 bits per heavy atom. The van der Waals surface area contributed by atoms with Crippen molar-refractivity contribution in [3.8, 4) is 0 Å². The fourth-order valence-corrected chi connectivity index (χ4v) is 6.06. The summed E-state index contributed by atoms with van der Waals surface area (Å²) in [6.07, 6.45) is 10.7. The summed E-state index contributed by atoms with van der Waals surface area (Å²) in [6, 6.07) is 5.97. The quantitative estimate of drug-likeness (QED) is 0.180. The summed E-state index contributed by atoms with van der Waals surface area (Å²) in [5, 5.41) is 13.1. The van der Waals surface area contributed by atoms with Crippen LogP contribution in [0.2, 0.25) is 0 Å². The second kappa shape index (κ2) is 15.3. The molecule has 3 fully saturated rings. The Kier molecular flexibility index (Phi) is 11.5. The van der Waals surface area contributed by atoms with Crippen molar-refractivity contribution < 1.29 is 14.3 Å². The highest BCUT2D eigenvalue weighted by Gasteiger charge is 2.50. The number of hydrogen-bond donors (Lipinski definition) is 2. The van der Waals surface area contributed by atoms with Crippen LogP contribution in [-0.2, 0) is 9.47 Å². The maximum Gasteiger partial charge on any atom is 0.415 e. The number of carbonyl (C=O) groups is 1. The van der Waals surface area contributed by atoms with Crippen molar-refractivity contribution in [3.63, 3.8) is 0 Å². The summed E-state index contributed by atoms with van der Waals surface area (Å²) < 4.78 is 11.7. The molecular formula is C32H49N9O3. The first-order valence-corrected chi connectivity index (χ1v) is 15.7. The largest absolute Gasteiger partial charge is 0.447 e. The van der Waals surface area contributed by atoms with Crippen molar-refractivity contribution in [3.05, 3.63) is 42.4 Å². The number of cyclic esters (lactones) is 1. The highest BCUT2D eigenvalue weighted by molar-refractivity contribution is 6.13. The van der Waals surface area contributed by atoms with Crippen LogP contribution in [-0.4, -0.2) is 92.1 Å². The van der Waals surface area contributed by atoms with Crippen LogP contribution in [0.15, 0.2) is 57.5 Å². The molecule has 0 aromatic carbocycles. The smallest absolute Gasteiger partial charge is 0.415 e. The van der Waals surface area contributed by atoms with Crippen molar-refractivity contribution in [1.82, 2.24) is 20.6 Å². The number of amides is 1. The van der Waals surface area contributed by atoms with Gasteiger partial charge >= 0.3 is 6.09 Å². The van der Waals surface area contributed by atoms with Crippen molar-refractivity contribution in [1.29, 1.82) is 0 Å². The maximum absolute atomic E-state index is 12.5. The van der Waals surface area contributed by atoms with Gasteiger partial charge in [-0.1, -0.05) is 19.9 Å². The normalized spacial score (nSPS) is 27.9. The number of amidine groups is 1. The molecule has 12 nitrogen and oxygen atoms in total. The molecule has 3 aliphatic rings. The summed E-state index contributed by atoms with van der Waals surface area (Å²) in [5.41, 5.74) is 0.685. The molecule has 1 amide bonds. The van der Waals surface area contributed by atoms with Crippen molar-refractivity contribution >= 4 is 36.5 Å². The summed E-state index contributed by atoms with van der Waals surface area (Å²) in [7, 11) is 1.96. The first-order valence-electron chi connectivity index (χ1n) is 15.7. The predicted octanol–water partition coefficient (Wildman–Crippen LogP) is 4.52. The van der Waals surface area contributed by atoms with Crippen LogP contribution in [0.1, 0.15) is 60.3 Å². The zero-order valence-corrected chi connectivity index (χ0v) is 27.1. The highest BCUT2D eigenvalue weighted by Crippen LogP contribution is 2.44. The van der Waals surface area contributed by atoms with E-state index in [4.69, 9.17) is 19.5 Å². The summed E-state index contributed by atoms with van der Waals surface area (Å²) in [6.45, 7) is 16.2. The second-order valence-electron chi connectivity index (χ2n) is 11.6. The van der Waals surface area contributed by atoms with E-state index in [0.29, 0.717) is 31.5 Å². The van der Waals surface area contributed by atoms with Crippen LogP contribution in [0.25, 0.3) is 0 Å². The molecule has 0 bridgehead atoms. The monoisotopic (exact) mass is 607 g/mol. The standard InChI is InChI=1S/C32H49N9O3/c1-8-24(14-15-33-6)39(37-10-3)17-16-35-22-36-30-25(19-34-7)26-21-44-32(5,9-2)18-27(26)41(30)29-13-11-12-28(38-29)40-23(4)20-43-31(40)42/h10-13,16-17,19,23-24,26-27,33,35H,7-9,14-15,18,20-22H2,1-6H3/b17-16+,25-19-,36-30+,37-10-/t23-,24?,26?,27?,32?/m0/s1. The molecular weight excluding hydrogens is 558 g/mol. The zero-order valence-electron chi connectivity index (χ0n) is 27.1. The third-order valence-electron chi connectivity index (χ3n) is 8.70. The minimum absolute atomic E-state index is 0.0439. The Bertz CT molecular complexity index is 1270. The number of fused-ring (bicyclic) bond motifs is 1. The molecule has 0 saturated carbocycles. The van der Waals surface area contributed by atoms with Gasteiger partial charge in [-0.15, -0.1) is 0 Å². The van der Waals surface area contributed by atoms with Crippen molar-refractivity contribution in [2.24, 2.45) is 21.0 Å². The van der Waals surface area contributed by atoms with Gasteiger partial charge in [0.25, 0.3) is 0 Å². The molecule has 3 saturated heterocycles. The Labute approximate surface area is 262 Å². The Morgan fingerprint density at radius 2 is 2.05 bits per heavy atom. The first kappa shape index (κ1) is 33.1. The summed E-state index contributed by atoms with van der Waals surface area (Å²) >= 11 is 0. The van der Waals surface area contributed by atoms with Crippen LogP contribution >= 0.6 is 0 Å². The molecule has 12 heteroatoms. The van der Waals surface area contributed by atoms with E-state index in [2.05, 4.69) is 53.1 Å². The number of rotatable bonds is 14. The fourth-order valence-electron chi connectivity index (χ4n) is 6.06. The average Bonchev–Trinajstić information content (AvgIpc) is 3.52. The first-order chi connectivity index (χ1) is 21.3. The average molecular weight is 608 g/mol. The molecule has 0 radical (unpaired) electrons. The number of carbonyl (C=O) groups excluding carboxylic acids is 1. The van der Waals surface area contributed by atoms with Crippen LogP contribution in [0.4, 0.5) is 16.4 Å². The second-order valence-corrected chi connectivity index (χ2v) is 11.6. The van der Waals surface area contributed by atoms with Crippen molar-refractivity contribution in [2.45, 2.75) is 84.0 Å². The van der Waals surface area contributed by atoms with E-state index in [0.717, 1.165) is 43.6 Å². The molecule has 1 aromatic rings. The number of hydrogen-bond acceptors (Lipinski definition) is 10. The molecule has 2 N–H and O–H groups in total. The van der Waals surface area contributed by atoms with Crippen LogP contribution in [0.3, 0.4) is 0 Å². The number of aliphatic imine (C=N–C) groups is 2. The molecule has 0 aliphatic carbocycles. The van der Waals surface area contributed by atoms with E-state index in [9.17, 15) is 4.79 Å². The van der Waals surface area contributed by atoms with E-state index in [1.165, 1.54) is 0 Å². The lowest BCUT2D eigenvalue weighted by molar-refractivity contribution is -0.0875. The highest BCUT2D eigenvalue weighted by atomic mass is 16.6. The van der Waals surface area contributed by atoms with Gasteiger partial charge in [-0.05, 0) is 78.9 Å². The van der Waals surface area contributed by atoms with Gasteiger partial charge in [-0.3, -0.25) is 14.9 Å². The predicted molar refractivity (Wildman–Crippen MR) is 177 cm³/mol. The van der Waals surface area contributed by atoms with Gasteiger partial charge in [0, 0.05) is 42.3 Å². The molecule has 4 unspecified atom stereocenters. The van der Waals surface area contributed by atoms with Gasteiger partial charge in [0.15, 0.2) is 0 Å². The molecule has 4 rings (SSSR count). The number of nitrogens with one attached hydrogen (secondary N) is 2. The van der Waals surface area contributed by atoms with Crippen LogP contribution in [0, 0.1) is 5.92 Å². The van der Waals surface area contributed by atoms with E-state index in [1.54, 1.807) is 17.3 Å². The summed E-state index contributed by atoms with van der Waals surface area (Å²) in [4.78, 5) is 30.5. The van der Waals surface area contributed by atoms with E-state index in [-0.39, 0.29) is 35.7 Å². The van der Waals surface area contributed by atoms with Gasteiger partial charge < -0.3 is 25.0 Å². The van der Waals surface area contributed by atoms with Crippen LogP contribution < -0.4 is 20.4 Å². The minimum Gasteiger partial charge on any atom is -0.447 e. The molecule has 4 heterocycles. The van der Waals surface area contributed by atoms with Gasteiger partial charge in [-0.25, -0.2) is 14.8 Å². The number of ether oxygens (including phenoxy) is 2. The Hall–Kier alpha value is -3.77. The topological polar surface area (TPSA) is 119 Å². The van der Waals surface area contributed by atoms with E-state index < -0.39 is 0 Å². The van der Waals surface area contributed by atoms with E-state index >= 15 is 0 Å². The van der Waals surface area contributed by atoms with Gasteiger partial charge in [0.05, 0.1) is 24.3 Å². The molecule has 44 heavy (non-hydrogen) atoms. The molecule has 240 valence electrons. The molecule has 1 aromatic heterocycles. The lowest BCUT2D eigenvalue weighted by Crippen LogP contribution is -2.48. The summed E-state index contributed by atoms with van der Waals surface area (Å²) in [5.74, 6) is 2.08. The van der Waals surface area contributed by atoms with E-state index in [1.807, 2.05) is 56.5 Å². The third kappa shape index (κ3) is 7.29. The lowest BCUT2D eigenvalue weighted by Gasteiger charge is -2.42. The van der Waals surface area contributed by atoms with Gasteiger partial charge in [-0.2, -0.15) is 5.10 Å². The molecule has 3 aliphatic heterocycles. The van der Waals surface area contributed by atoms with Gasteiger partial charge in [0.1, 0.15) is 30.7 Å². The number of anilines is 2. The van der Waals surface area contributed by atoms with Crippen molar-refractivity contribution in [2.75, 3.05) is 43.3 Å². The zero-order chi connectivity index (χ0) is 31.7. The fraction of sp³-hybridized carbons (Fsp3) is 0.594. The minimum atomic E-state index is -0.384. The molecule has 0 spiro atoms. The Morgan fingerprint density at radius 1 is 1.27 bits per heavy atom. The number of nitrogens with zero attached hydrogens (tertiary/aromatic N) is 7. The SMILES string of the molecule is C=N/C=C1\C(=N/CN/C=C/N(/N=C\C)C(CC)CCNC)N(c2cccc(N3C(=O)OC[C@@H]3C)n2)C2CC(C)(CC)OCC12. The van der Waals surface area contributed by atoms with Crippen LogP contribution in [0.5, 0.6) is 0 Å². The number of pyridine rings is 1. The third-order valence-corrected chi connectivity index (χ3v) is 8.70.